The van der Waals surface area contributed by atoms with E-state index in [1.807, 2.05) is 36.7 Å². The topological polar surface area (TPSA) is 55.1 Å². The number of hydrogen-bond acceptors (Lipinski definition) is 5. The van der Waals surface area contributed by atoms with Crippen molar-refractivity contribution in [1.29, 1.82) is 0 Å². The lowest BCUT2D eigenvalue weighted by Gasteiger charge is -2.26. The molecule has 0 amide bonds. The standard InChI is InChI=1S/C51H32N4O/c1-3-8-41-31-53-48(29-35(41)6-1)33-13-19-43(20-14-33)55(44-21-15-34(16-22-44)49-30-36-7-2-4-9-42(36)32-54-49)45-23-17-38-26-37(11-12-39(38)27-45)40-18-24-50-47(28-40)46-10-5-25-52-51(46)56-50/h1-32H. The lowest BCUT2D eigenvalue weighted by Crippen LogP contribution is -2.10. The molecule has 0 aliphatic rings. The molecule has 0 radical (unpaired) electrons. The number of hydrogen-bond donors (Lipinski definition) is 0. The summed E-state index contributed by atoms with van der Waals surface area (Å²) in [5, 5.41) is 9.04. The van der Waals surface area contributed by atoms with Gasteiger partial charge in [-0.15, -0.1) is 0 Å². The number of nitrogens with zero attached hydrogens (tertiary/aromatic N) is 4. The number of rotatable bonds is 6. The third kappa shape index (κ3) is 5.62. The number of furan rings is 1. The van der Waals surface area contributed by atoms with E-state index in [1.54, 1.807) is 6.20 Å². The van der Waals surface area contributed by atoms with Crippen LogP contribution in [0.15, 0.2) is 199 Å². The summed E-state index contributed by atoms with van der Waals surface area (Å²) in [5.41, 5.74) is 11.0. The van der Waals surface area contributed by atoms with Crippen LogP contribution in [0, 0.1) is 0 Å². The Kier molecular flexibility index (Phi) is 7.42. The van der Waals surface area contributed by atoms with E-state index in [1.165, 1.54) is 16.2 Å². The van der Waals surface area contributed by atoms with E-state index < -0.39 is 0 Å². The van der Waals surface area contributed by atoms with E-state index in [0.29, 0.717) is 5.71 Å². The van der Waals surface area contributed by atoms with Crippen LogP contribution in [0.5, 0.6) is 0 Å². The maximum atomic E-state index is 5.99. The number of benzene rings is 7. The molecule has 56 heavy (non-hydrogen) atoms. The Morgan fingerprint density at radius 2 is 0.875 bits per heavy atom. The van der Waals surface area contributed by atoms with Crippen LogP contribution in [0.4, 0.5) is 17.1 Å². The van der Waals surface area contributed by atoms with Crippen LogP contribution >= 0.6 is 0 Å². The molecule has 4 aromatic heterocycles. The molecular formula is C51H32N4O. The minimum atomic E-state index is 0.662. The maximum absolute atomic E-state index is 5.99. The first-order chi connectivity index (χ1) is 27.7. The zero-order valence-electron chi connectivity index (χ0n) is 30.2. The smallest absolute Gasteiger partial charge is 0.227 e. The van der Waals surface area contributed by atoms with Crippen molar-refractivity contribution in [3.8, 4) is 33.6 Å². The average molecular weight is 717 g/mol. The predicted octanol–water partition coefficient (Wildman–Crippen LogP) is 13.7. The third-order valence-corrected chi connectivity index (χ3v) is 10.8. The Morgan fingerprint density at radius 1 is 0.357 bits per heavy atom. The van der Waals surface area contributed by atoms with Crippen LogP contribution in [-0.4, -0.2) is 15.0 Å². The zero-order valence-corrected chi connectivity index (χ0v) is 30.2. The summed E-state index contributed by atoms with van der Waals surface area (Å²) in [6.07, 6.45) is 5.67. The molecule has 0 unspecified atom stereocenters. The Bertz CT molecular complexity index is 3140. The highest BCUT2D eigenvalue weighted by atomic mass is 16.3. The highest BCUT2D eigenvalue weighted by molar-refractivity contribution is 6.05. The fraction of sp³-hybridized carbons (Fsp3) is 0. The van der Waals surface area contributed by atoms with Crippen LogP contribution in [0.2, 0.25) is 0 Å². The summed E-state index contributed by atoms with van der Waals surface area (Å²) in [6, 6.07) is 62.2. The molecule has 0 atom stereocenters. The SMILES string of the molecule is c1ccc2cc(-c3ccc(N(c4ccc(-c5cc6ccccc6cn5)cc4)c4ccc5cc(-c6ccc7oc8ncccc8c7c6)ccc5c4)cc3)ncc2c1. The molecule has 0 aliphatic heterocycles. The summed E-state index contributed by atoms with van der Waals surface area (Å²) in [7, 11) is 0. The van der Waals surface area contributed by atoms with Gasteiger partial charge in [0, 0.05) is 68.3 Å². The van der Waals surface area contributed by atoms with Crippen LogP contribution in [0.1, 0.15) is 0 Å². The predicted molar refractivity (Wildman–Crippen MR) is 231 cm³/mol. The molecule has 4 heterocycles. The first kappa shape index (κ1) is 31.9. The number of anilines is 3. The van der Waals surface area contributed by atoms with Crippen molar-refractivity contribution in [2.75, 3.05) is 4.90 Å². The van der Waals surface area contributed by atoms with E-state index in [0.717, 1.165) is 83.2 Å². The summed E-state index contributed by atoms with van der Waals surface area (Å²) in [5.74, 6) is 0. The molecule has 0 N–H and O–H groups in total. The molecule has 0 bridgehead atoms. The van der Waals surface area contributed by atoms with Gasteiger partial charge in [0.25, 0.3) is 0 Å². The molecule has 11 aromatic rings. The van der Waals surface area contributed by atoms with Crippen molar-refractivity contribution >= 4 is 71.4 Å². The van der Waals surface area contributed by atoms with Gasteiger partial charge in [-0.2, -0.15) is 0 Å². The summed E-state index contributed by atoms with van der Waals surface area (Å²) < 4.78 is 5.99. The first-order valence-electron chi connectivity index (χ1n) is 18.7. The van der Waals surface area contributed by atoms with Gasteiger partial charge in [-0.05, 0) is 112 Å². The van der Waals surface area contributed by atoms with Gasteiger partial charge >= 0.3 is 0 Å². The second kappa shape index (κ2) is 13.0. The fourth-order valence-electron chi connectivity index (χ4n) is 7.83. The zero-order chi connectivity index (χ0) is 37.0. The van der Waals surface area contributed by atoms with Gasteiger partial charge < -0.3 is 9.32 Å². The van der Waals surface area contributed by atoms with Crippen LogP contribution in [0.25, 0.3) is 88.0 Å². The van der Waals surface area contributed by atoms with E-state index in [2.05, 4.69) is 162 Å². The largest absolute Gasteiger partial charge is 0.438 e. The Labute approximate surface area is 322 Å². The Morgan fingerprint density at radius 3 is 1.54 bits per heavy atom. The van der Waals surface area contributed by atoms with Gasteiger partial charge in [0.05, 0.1) is 11.4 Å². The molecular weight excluding hydrogens is 685 g/mol. The fourth-order valence-corrected chi connectivity index (χ4v) is 7.83. The molecule has 5 heteroatoms. The van der Waals surface area contributed by atoms with Gasteiger partial charge in [0.2, 0.25) is 5.71 Å². The number of fused-ring (bicyclic) bond motifs is 6. The Hall–Kier alpha value is -7.63. The highest BCUT2D eigenvalue weighted by Gasteiger charge is 2.16. The number of pyridine rings is 3. The van der Waals surface area contributed by atoms with Crippen molar-refractivity contribution in [2.24, 2.45) is 0 Å². The molecule has 0 saturated carbocycles. The number of aromatic nitrogens is 3. The monoisotopic (exact) mass is 716 g/mol. The minimum absolute atomic E-state index is 0.662. The Balaban J connectivity index is 0.974. The van der Waals surface area contributed by atoms with Gasteiger partial charge in [0.1, 0.15) is 5.58 Å². The maximum Gasteiger partial charge on any atom is 0.227 e. The van der Waals surface area contributed by atoms with Crippen molar-refractivity contribution in [1.82, 2.24) is 15.0 Å². The molecule has 11 rings (SSSR count). The molecule has 5 nitrogen and oxygen atoms in total. The van der Waals surface area contributed by atoms with Crippen LogP contribution in [-0.2, 0) is 0 Å². The first-order valence-corrected chi connectivity index (χ1v) is 18.7. The van der Waals surface area contributed by atoms with Gasteiger partial charge in [-0.1, -0.05) is 97.1 Å². The average Bonchev–Trinajstić information content (AvgIpc) is 3.64. The second-order valence-corrected chi connectivity index (χ2v) is 14.2. The van der Waals surface area contributed by atoms with Gasteiger partial charge in [-0.25, -0.2) is 4.98 Å². The van der Waals surface area contributed by atoms with Crippen molar-refractivity contribution < 1.29 is 4.42 Å². The van der Waals surface area contributed by atoms with Crippen molar-refractivity contribution in [2.45, 2.75) is 0 Å². The third-order valence-electron chi connectivity index (χ3n) is 10.8. The summed E-state index contributed by atoms with van der Waals surface area (Å²) in [4.78, 5) is 16.3. The summed E-state index contributed by atoms with van der Waals surface area (Å²) >= 11 is 0. The van der Waals surface area contributed by atoms with E-state index >= 15 is 0 Å². The van der Waals surface area contributed by atoms with Gasteiger partial charge in [-0.3, -0.25) is 9.97 Å². The lowest BCUT2D eigenvalue weighted by atomic mass is 9.99. The normalized spacial score (nSPS) is 11.6. The second-order valence-electron chi connectivity index (χ2n) is 14.2. The van der Waals surface area contributed by atoms with E-state index in [9.17, 15) is 0 Å². The van der Waals surface area contributed by atoms with Crippen LogP contribution < -0.4 is 4.90 Å². The summed E-state index contributed by atoms with van der Waals surface area (Å²) in [6.45, 7) is 0. The molecule has 262 valence electrons. The molecule has 0 spiro atoms. The molecule has 0 fully saturated rings. The lowest BCUT2D eigenvalue weighted by molar-refractivity contribution is 0.654. The molecule has 0 saturated heterocycles. The van der Waals surface area contributed by atoms with Gasteiger partial charge in [0.15, 0.2) is 0 Å². The van der Waals surface area contributed by atoms with Crippen LogP contribution in [0.3, 0.4) is 0 Å². The minimum Gasteiger partial charge on any atom is -0.438 e. The molecule has 0 aliphatic carbocycles. The van der Waals surface area contributed by atoms with E-state index in [-0.39, 0.29) is 0 Å². The molecule has 7 aromatic carbocycles. The van der Waals surface area contributed by atoms with Crippen molar-refractivity contribution in [3.05, 3.63) is 195 Å². The van der Waals surface area contributed by atoms with Crippen molar-refractivity contribution in [3.63, 3.8) is 0 Å². The highest BCUT2D eigenvalue weighted by Crippen LogP contribution is 2.39. The van der Waals surface area contributed by atoms with E-state index in [4.69, 9.17) is 14.4 Å². The quantitative estimate of drug-likeness (QED) is 0.171.